The molecule has 3 aliphatic heterocycles. The van der Waals surface area contributed by atoms with Crippen LogP contribution in [0.25, 0.3) is 0 Å². The number of halogens is 1. The number of piperidine rings is 2. The highest BCUT2D eigenvalue weighted by molar-refractivity contribution is 6.30. The van der Waals surface area contributed by atoms with Gasteiger partial charge in [0.2, 0.25) is 17.7 Å². The van der Waals surface area contributed by atoms with E-state index in [1.807, 2.05) is 30.9 Å². The standard InChI is InChI=1S/C27H37ClN4O5/c1-17(2)32-14-20(6-9-24(32)33)26(35)30-12-10-19(11-13-30)25(34)31-15-22(18-4-7-21(28)8-5-18)23(16-31)29(3)27(36)37/h4-5,7-8,17,19-20,22-23H,6,9-16H2,1-3H3,(H,36,37)/t20?,22-,23+/m0/s1. The number of carbonyl (C=O) groups is 4. The fourth-order valence-corrected chi connectivity index (χ4v) is 6.10. The number of likely N-dealkylation sites (tertiary alicyclic amines) is 3. The number of hydrogen-bond donors (Lipinski definition) is 1. The Morgan fingerprint density at radius 1 is 0.946 bits per heavy atom. The minimum absolute atomic E-state index is 0.0293. The molecule has 9 nitrogen and oxygen atoms in total. The molecule has 4 amide bonds. The van der Waals surface area contributed by atoms with Crippen molar-refractivity contribution in [2.45, 2.75) is 57.5 Å². The number of amides is 4. The van der Waals surface area contributed by atoms with E-state index >= 15 is 0 Å². The SMILES string of the molecule is CC(C)N1CC(C(=O)N2CCC(C(=O)N3C[C@@H](N(C)C(=O)O)[C@H](c4ccc(Cl)cc4)C3)CC2)CCC1=O. The van der Waals surface area contributed by atoms with Crippen LogP contribution in [-0.4, -0.2) is 100 Å². The molecule has 1 unspecified atom stereocenters. The van der Waals surface area contributed by atoms with Crippen molar-refractivity contribution < 1.29 is 24.3 Å². The summed E-state index contributed by atoms with van der Waals surface area (Å²) in [7, 11) is 1.55. The summed E-state index contributed by atoms with van der Waals surface area (Å²) in [5.74, 6) is -0.292. The number of nitrogens with zero attached hydrogens (tertiary/aromatic N) is 4. The highest BCUT2D eigenvalue weighted by atomic mass is 35.5. The van der Waals surface area contributed by atoms with Crippen LogP contribution in [0, 0.1) is 11.8 Å². The maximum Gasteiger partial charge on any atom is 0.407 e. The lowest BCUT2D eigenvalue weighted by molar-refractivity contribution is -0.147. The minimum atomic E-state index is -1.02. The second-order valence-electron chi connectivity index (χ2n) is 10.8. The van der Waals surface area contributed by atoms with E-state index in [0.29, 0.717) is 63.4 Å². The van der Waals surface area contributed by atoms with Crippen molar-refractivity contribution >= 4 is 35.4 Å². The number of carbonyl (C=O) groups excluding carboxylic acids is 3. The first-order valence-electron chi connectivity index (χ1n) is 13.1. The van der Waals surface area contributed by atoms with Gasteiger partial charge in [-0.2, -0.15) is 0 Å². The first kappa shape index (κ1) is 27.2. The molecular weight excluding hydrogens is 496 g/mol. The quantitative estimate of drug-likeness (QED) is 0.628. The molecule has 3 saturated heterocycles. The molecule has 0 aliphatic carbocycles. The Morgan fingerprint density at radius 2 is 1.57 bits per heavy atom. The van der Waals surface area contributed by atoms with Crippen molar-refractivity contribution in [3.63, 3.8) is 0 Å². The summed E-state index contributed by atoms with van der Waals surface area (Å²) < 4.78 is 0. The summed E-state index contributed by atoms with van der Waals surface area (Å²) in [6.45, 7) is 6.24. The van der Waals surface area contributed by atoms with E-state index in [0.717, 1.165) is 5.56 Å². The molecule has 3 atom stereocenters. The van der Waals surface area contributed by atoms with E-state index in [9.17, 15) is 24.3 Å². The molecule has 202 valence electrons. The van der Waals surface area contributed by atoms with Gasteiger partial charge in [-0.05, 0) is 50.8 Å². The molecule has 0 spiro atoms. The average molecular weight is 533 g/mol. The normalized spacial score (nSPS) is 25.1. The Labute approximate surface area is 223 Å². The fraction of sp³-hybridized carbons (Fsp3) is 0.630. The second kappa shape index (κ2) is 11.3. The molecule has 0 bridgehead atoms. The van der Waals surface area contributed by atoms with E-state index in [-0.39, 0.29) is 47.6 Å². The third kappa shape index (κ3) is 5.87. The first-order chi connectivity index (χ1) is 17.6. The van der Waals surface area contributed by atoms with Gasteiger partial charge in [-0.25, -0.2) is 4.79 Å². The Morgan fingerprint density at radius 3 is 2.16 bits per heavy atom. The summed E-state index contributed by atoms with van der Waals surface area (Å²) in [4.78, 5) is 57.3. The molecule has 3 aliphatic rings. The van der Waals surface area contributed by atoms with Gasteiger partial charge in [-0.3, -0.25) is 14.4 Å². The van der Waals surface area contributed by atoms with Gasteiger partial charge in [-0.1, -0.05) is 23.7 Å². The lowest BCUT2D eigenvalue weighted by atomic mass is 9.91. The van der Waals surface area contributed by atoms with Crippen LogP contribution in [0.1, 0.15) is 51.0 Å². The Kier molecular flexibility index (Phi) is 8.31. The zero-order chi connectivity index (χ0) is 26.9. The Balaban J connectivity index is 1.37. The van der Waals surface area contributed by atoms with Gasteiger partial charge in [-0.15, -0.1) is 0 Å². The molecule has 0 aromatic heterocycles. The summed E-state index contributed by atoms with van der Waals surface area (Å²) in [5.41, 5.74) is 0.958. The predicted molar refractivity (Wildman–Crippen MR) is 139 cm³/mol. The average Bonchev–Trinajstić information content (AvgIpc) is 3.33. The van der Waals surface area contributed by atoms with Crippen molar-refractivity contribution in [3.8, 4) is 0 Å². The number of rotatable bonds is 5. The third-order valence-electron chi connectivity index (χ3n) is 8.27. The van der Waals surface area contributed by atoms with Crippen LogP contribution in [0.15, 0.2) is 24.3 Å². The van der Waals surface area contributed by atoms with Gasteiger partial charge in [0.05, 0.1) is 12.0 Å². The van der Waals surface area contributed by atoms with Crippen molar-refractivity contribution in [1.82, 2.24) is 19.6 Å². The van der Waals surface area contributed by atoms with Crippen LogP contribution in [0.5, 0.6) is 0 Å². The molecule has 37 heavy (non-hydrogen) atoms. The van der Waals surface area contributed by atoms with Gasteiger partial charge in [0.25, 0.3) is 0 Å². The molecule has 0 saturated carbocycles. The molecular formula is C27H37ClN4O5. The molecule has 1 N–H and O–H groups in total. The molecule has 3 fully saturated rings. The summed E-state index contributed by atoms with van der Waals surface area (Å²) >= 11 is 6.04. The molecule has 4 rings (SSSR count). The molecule has 1 aromatic carbocycles. The van der Waals surface area contributed by atoms with Crippen LogP contribution in [0.3, 0.4) is 0 Å². The third-order valence-corrected chi connectivity index (χ3v) is 8.52. The second-order valence-corrected chi connectivity index (χ2v) is 11.3. The number of likely N-dealkylation sites (N-methyl/N-ethyl adjacent to an activating group) is 1. The molecule has 3 heterocycles. The molecule has 10 heteroatoms. The number of carboxylic acid groups (broad SMARTS) is 1. The highest BCUT2D eigenvalue weighted by Crippen LogP contribution is 2.34. The van der Waals surface area contributed by atoms with E-state index in [2.05, 4.69) is 0 Å². The zero-order valence-corrected chi connectivity index (χ0v) is 22.6. The zero-order valence-electron chi connectivity index (χ0n) is 21.8. The van der Waals surface area contributed by atoms with Crippen LogP contribution >= 0.6 is 11.6 Å². The number of benzene rings is 1. The lowest BCUT2D eigenvalue weighted by Crippen LogP contribution is -2.51. The predicted octanol–water partition coefficient (Wildman–Crippen LogP) is 3.13. The van der Waals surface area contributed by atoms with Gasteiger partial charge in [0.1, 0.15) is 0 Å². The van der Waals surface area contributed by atoms with Crippen LogP contribution in [0.4, 0.5) is 4.79 Å². The van der Waals surface area contributed by atoms with Crippen LogP contribution < -0.4 is 0 Å². The topological polar surface area (TPSA) is 101 Å². The summed E-state index contributed by atoms with van der Waals surface area (Å²) in [5, 5.41) is 10.2. The van der Waals surface area contributed by atoms with Gasteiger partial charge < -0.3 is 24.7 Å². The summed E-state index contributed by atoms with van der Waals surface area (Å²) in [6, 6.07) is 7.10. The minimum Gasteiger partial charge on any atom is -0.465 e. The molecule has 0 radical (unpaired) electrons. The van der Waals surface area contributed by atoms with Gasteiger partial charge in [0.15, 0.2) is 0 Å². The van der Waals surface area contributed by atoms with E-state index in [1.165, 1.54) is 4.90 Å². The van der Waals surface area contributed by atoms with E-state index in [4.69, 9.17) is 11.6 Å². The maximum absolute atomic E-state index is 13.5. The number of hydrogen-bond acceptors (Lipinski definition) is 4. The Bertz CT molecular complexity index is 1020. The maximum atomic E-state index is 13.5. The van der Waals surface area contributed by atoms with E-state index in [1.54, 1.807) is 29.0 Å². The fourth-order valence-electron chi connectivity index (χ4n) is 5.97. The van der Waals surface area contributed by atoms with Crippen molar-refractivity contribution in [2.24, 2.45) is 11.8 Å². The smallest absolute Gasteiger partial charge is 0.407 e. The lowest BCUT2D eigenvalue weighted by Gasteiger charge is -2.39. The van der Waals surface area contributed by atoms with Gasteiger partial charge in [0, 0.05) is 69.1 Å². The monoisotopic (exact) mass is 532 g/mol. The summed E-state index contributed by atoms with van der Waals surface area (Å²) in [6.07, 6.45) is 1.14. The Hall–Kier alpha value is -2.81. The van der Waals surface area contributed by atoms with E-state index < -0.39 is 6.09 Å². The largest absolute Gasteiger partial charge is 0.465 e. The van der Waals surface area contributed by atoms with Crippen molar-refractivity contribution in [3.05, 3.63) is 34.9 Å². The van der Waals surface area contributed by atoms with Gasteiger partial charge >= 0.3 is 6.09 Å². The highest BCUT2D eigenvalue weighted by Gasteiger charge is 2.42. The first-order valence-corrected chi connectivity index (χ1v) is 13.5. The van der Waals surface area contributed by atoms with Crippen molar-refractivity contribution in [1.29, 1.82) is 0 Å². The molecule has 1 aromatic rings. The van der Waals surface area contributed by atoms with Crippen LogP contribution in [-0.2, 0) is 14.4 Å². The van der Waals surface area contributed by atoms with Crippen LogP contribution in [0.2, 0.25) is 5.02 Å². The van der Waals surface area contributed by atoms with Crippen molar-refractivity contribution in [2.75, 3.05) is 39.8 Å².